The van der Waals surface area contributed by atoms with E-state index in [1.807, 2.05) is 7.05 Å². The molecular formula is C10H18F3N3. The molecule has 2 unspecified atom stereocenters. The van der Waals surface area contributed by atoms with Gasteiger partial charge in [-0.25, -0.2) is 0 Å². The molecule has 2 saturated heterocycles. The standard InChI is InChI=1S/C10H18F3N3/c1-15-4-2-8(7-15)16-5-3-14-6-9(16)10(11,12)13/h8-9,14H,2-7H2,1H3. The first-order chi connectivity index (χ1) is 7.48. The van der Waals surface area contributed by atoms with Crippen LogP contribution < -0.4 is 5.32 Å². The van der Waals surface area contributed by atoms with E-state index in [2.05, 4.69) is 10.2 Å². The van der Waals surface area contributed by atoms with E-state index in [4.69, 9.17) is 0 Å². The van der Waals surface area contributed by atoms with Crippen molar-refractivity contribution in [1.82, 2.24) is 15.1 Å². The second-order valence-electron chi connectivity index (χ2n) is 4.70. The Morgan fingerprint density at radius 1 is 1.25 bits per heavy atom. The van der Waals surface area contributed by atoms with Gasteiger partial charge in [0.15, 0.2) is 0 Å². The Morgan fingerprint density at radius 3 is 2.56 bits per heavy atom. The fourth-order valence-corrected chi connectivity index (χ4v) is 2.64. The highest BCUT2D eigenvalue weighted by Crippen LogP contribution is 2.29. The predicted molar refractivity (Wildman–Crippen MR) is 55.3 cm³/mol. The number of hydrogen-bond donors (Lipinski definition) is 1. The van der Waals surface area contributed by atoms with Crippen molar-refractivity contribution in [2.24, 2.45) is 0 Å². The molecule has 16 heavy (non-hydrogen) atoms. The third-order valence-electron chi connectivity index (χ3n) is 3.50. The van der Waals surface area contributed by atoms with Crippen LogP contribution in [-0.2, 0) is 0 Å². The summed E-state index contributed by atoms with van der Waals surface area (Å²) in [5, 5.41) is 2.83. The van der Waals surface area contributed by atoms with Crippen LogP contribution >= 0.6 is 0 Å². The van der Waals surface area contributed by atoms with Gasteiger partial charge in [0.05, 0.1) is 0 Å². The van der Waals surface area contributed by atoms with E-state index in [0.717, 1.165) is 19.5 Å². The van der Waals surface area contributed by atoms with Gasteiger partial charge in [-0.15, -0.1) is 0 Å². The lowest BCUT2D eigenvalue weighted by Gasteiger charge is -2.40. The molecule has 2 aliphatic rings. The second-order valence-corrected chi connectivity index (χ2v) is 4.70. The molecule has 0 amide bonds. The number of likely N-dealkylation sites (N-methyl/N-ethyl adjacent to an activating group) is 1. The van der Waals surface area contributed by atoms with E-state index in [1.54, 1.807) is 4.90 Å². The van der Waals surface area contributed by atoms with Crippen LogP contribution in [-0.4, -0.2) is 67.8 Å². The minimum atomic E-state index is -4.12. The fourth-order valence-electron chi connectivity index (χ4n) is 2.64. The zero-order valence-corrected chi connectivity index (χ0v) is 9.43. The zero-order valence-electron chi connectivity index (χ0n) is 9.43. The lowest BCUT2D eigenvalue weighted by atomic mass is 10.1. The van der Waals surface area contributed by atoms with Crippen molar-refractivity contribution in [2.45, 2.75) is 24.7 Å². The SMILES string of the molecule is CN1CCC(N2CCNCC2C(F)(F)F)C1. The highest BCUT2D eigenvalue weighted by atomic mass is 19.4. The van der Waals surface area contributed by atoms with Crippen molar-refractivity contribution in [3.05, 3.63) is 0 Å². The van der Waals surface area contributed by atoms with Gasteiger partial charge in [0.25, 0.3) is 0 Å². The summed E-state index contributed by atoms with van der Waals surface area (Å²) in [5.74, 6) is 0. The highest BCUT2D eigenvalue weighted by molar-refractivity contribution is 4.92. The molecule has 0 aromatic rings. The average molecular weight is 237 g/mol. The number of nitrogens with zero attached hydrogens (tertiary/aromatic N) is 2. The second kappa shape index (κ2) is 4.50. The molecule has 2 heterocycles. The highest BCUT2D eigenvalue weighted by Gasteiger charge is 2.47. The fraction of sp³-hybridized carbons (Fsp3) is 1.00. The van der Waals surface area contributed by atoms with Crippen LogP contribution in [0.2, 0.25) is 0 Å². The third kappa shape index (κ3) is 2.49. The van der Waals surface area contributed by atoms with Gasteiger partial charge in [0.1, 0.15) is 6.04 Å². The Kier molecular flexibility index (Phi) is 3.42. The number of rotatable bonds is 1. The Morgan fingerprint density at radius 2 is 2.00 bits per heavy atom. The van der Waals surface area contributed by atoms with Crippen molar-refractivity contribution in [2.75, 3.05) is 39.8 Å². The lowest BCUT2D eigenvalue weighted by molar-refractivity contribution is -0.192. The van der Waals surface area contributed by atoms with Gasteiger partial charge in [-0.05, 0) is 20.0 Å². The molecular weight excluding hydrogens is 219 g/mol. The summed E-state index contributed by atoms with van der Waals surface area (Å²) in [6.07, 6.45) is -3.27. The molecule has 6 heteroatoms. The number of alkyl halides is 3. The first-order valence-corrected chi connectivity index (χ1v) is 5.70. The Labute approximate surface area is 93.6 Å². The van der Waals surface area contributed by atoms with Gasteiger partial charge in [-0.2, -0.15) is 13.2 Å². The summed E-state index contributed by atoms with van der Waals surface area (Å²) in [4.78, 5) is 3.74. The van der Waals surface area contributed by atoms with E-state index in [-0.39, 0.29) is 12.6 Å². The largest absolute Gasteiger partial charge is 0.405 e. The summed E-state index contributed by atoms with van der Waals surface area (Å²) in [5.41, 5.74) is 0. The van der Waals surface area contributed by atoms with Gasteiger partial charge in [-0.1, -0.05) is 0 Å². The summed E-state index contributed by atoms with van der Waals surface area (Å²) in [7, 11) is 1.96. The van der Waals surface area contributed by atoms with Crippen molar-refractivity contribution < 1.29 is 13.2 Å². The minimum Gasteiger partial charge on any atom is -0.314 e. The number of hydrogen-bond acceptors (Lipinski definition) is 3. The Bertz CT molecular complexity index is 244. The molecule has 2 rings (SSSR count). The smallest absolute Gasteiger partial charge is 0.314 e. The molecule has 0 spiro atoms. The van der Waals surface area contributed by atoms with E-state index in [9.17, 15) is 13.2 Å². The number of halogens is 3. The quantitative estimate of drug-likeness (QED) is 0.717. The van der Waals surface area contributed by atoms with Gasteiger partial charge in [0.2, 0.25) is 0 Å². The molecule has 0 aliphatic carbocycles. The molecule has 2 fully saturated rings. The van der Waals surface area contributed by atoms with Crippen LogP contribution in [0.1, 0.15) is 6.42 Å². The normalized spacial score (nSPS) is 34.5. The molecule has 2 atom stereocenters. The molecule has 0 bridgehead atoms. The van der Waals surface area contributed by atoms with Gasteiger partial charge >= 0.3 is 6.18 Å². The van der Waals surface area contributed by atoms with Crippen molar-refractivity contribution in [3.63, 3.8) is 0 Å². The van der Waals surface area contributed by atoms with Crippen LogP contribution in [0.3, 0.4) is 0 Å². The first kappa shape index (κ1) is 12.1. The van der Waals surface area contributed by atoms with Gasteiger partial charge in [0, 0.05) is 32.2 Å². The monoisotopic (exact) mass is 237 g/mol. The predicted octanol–water partition coefficient (Wildman–Crippen LogP) is 0.527. The third-order valence-corrected chi connectivity index (χ3v) is 3.50. The average Bonchev–Trinajstić information content (AvgIpc) is 2.64. The molecule has 94 valence electrons. The Hall–Kier alpha value is -0.330. The number of likely N-dealkylation sites (tertiary alicyclic amines) is 1. The van der Waals surface area contributed by atoms with Crippen LogP contribution in [0.4, 0.5) is 13.2 Å². The molecule has 0 saturated carbocycles. The number of nitrogens with one attached hydrogen (secondary N) is 1. The molecule has 3 nitrogen and oxygen atoms in total. The van der Waals surface area contributed by atoms with Crippen LogP contribution in [0, 0.1) is 0 Å². The van der Waals surface area contributed by atoms with Crippen LogP contribution in [0.15, 0.2) is 0 Å². The van der Waals surface area contributed by atoms with E-state index >= 15 is 0 Å². The molecule has 2 aliphatic heterocycles. The molecule has 0 aromatic carbocycles. The van der Waals surface area contributed by atoms with Crippen LogP contribution in [0.25, 0.3) is 0 Å². The van der Waals surface area contributed by atoms with Gasteiger partial charge in [-0.3, -0.25) is 4.90 Å². The Balaban J connectivity index is 2.05. The summed E-state index contributed by atoms with van der Waals surface area (Å²) in [6, 6.07) is -1.24. The van der Waals surface area contributed by atoms with Crippen LogP contribution in [0.5, 0.6) is 0 Å². The number of piperazine rings is 1. The maximum absolute atomic E-state index is 12.8. The van der Waals surface area contributed by atoms with Crippen molar-refractivity contribution >= 4 is 0 Å². The zero-order chi connectivity index (χ0) is 11.8. The summed E-state index contributed by atoms with van der Waals surface area (Å²) >= 11 is 0. The topological polar surface area (TPSA) is 18.5 Å². The summed E-state index contributed by atoms with van der Waals surface area (Å²) < 4.78 is 38.5. The van der Waals surface area contributed by atoms with E-state index in [0.29, 0.717) is 13.1 Å². The maximum Gasteiger partial charge on any atom is 0.405 e. The van der Waals surface area contributed by atoms with E-state index < -0.39 is 12.2 Å². The minimum absolute atomic E-state index is 0.0315. The van der Waals surface area contributed by atoms with Crippen molar-refractivity contribution in [1.29, 1.82) is 0 Å². The summed E-state index contributed by atoms with van der Waals surface area (Å²) in [6.45, 7) is 2.85. The first-order valence-electron chi connectivity index (χ1n) is 5.70. The lowest BCUT2D eigenvalue weighted by Crippen LogP contribution is -2.61. The van der Waals surface area contributed by atoms with Crippen molar-refractivity contribution in [3.8, 4) is 0 Å². The molecule has 0 radical (unpaired) electrons. The maximum atomic E-state index is 12.8. The van der Waals surface area contributed by atoms with Gasteiger partial charge < -0.3 is 10.2 Å². The van der Waals surface area contributed by atoms with E-state index in [1.165, 1.54) is 0 Å². The molecule has 0 aromatic heterocycles. The molecule has 1 N–H and O–H groups in total.